The first-order valence-corrected chi connectivity index (χ1v) is 10.0. The summed E-state index contributed by atoms with van der Waals surface area (Å²) in [5.41, 5.74) is 0.686. The average molecular weight is 455 g/mol. The quantitative estimate of drug-likeness (QED) is 0.560. The molecule has 150 valence electrons. The summed E-state index contributed by atoms with van der Waals surface area (Å²) in [6, 6.07) is 18.5. The molecule has 0 bridgehead atoms. The summed E-state index contributed by atoms with van der Waals surface area (Å²) < 4.78 is 6.49. The summed E-state index contributed by atoms with van der Waals surface area (Å²) in [4.78, 5) is 24.6. The van der Waals surface area contributed by atoms with E-state index in [4.69, 9.17) is 4.74 Å². The van der Waals surface area contributed by atoms with E-state index >= 15 is 0 Å². The van der Waals surface area contributed by atoms with Gasteiger partial charge in [-0.2, -0.15) is 0 Å². The largest absolute Gasteiger partial charge is 0.483 e. The Morgan fingerprint density at radius 1 is 1.00 bits per heavy atom. The standard InChI is InChI=1S/C23H23BrN2O3/c1-23(2,3)26-22(28)16-8-6-9-17(13-16)25-20(27)14-29-19-12-11-15-7-4-5-10-18(15)21(19)24/h4-13H,14H2,1-3H3,(H,25,27)(H,26,28). The van der Waals surface area contributed by atoms with Crippen molar-refractivity contribution in [3.8, 4) is 5.75 Å². The highest BCUT2D eigenvalue weighted by Gasteiger charge is 2.16. The maximum Gasteiger partial charge on any atom is 0.262 e. The number of rotatable bonds is 5. The molecule has 0 saturated carbocycles. The van der Waals surface area contributed by atoms with Gasteiger partial charge in [0, 0.05) is 16.8 Å². The second-order valence-corrected chi connectivity index (χ2v) is 8.51. The summed E-state index contributed by atoms with van der Waals surface area (Å²) in [6.45, 7) is 5.60. The summed E-state index contributed by atoms with van der Waals surface area (Å²) in [5, 5.41) is 7.77. The monoisotopic (exact) mass is 454 g/mol. The Morgan fingerprint density at radius 2 is 1.76 bits per heavy atom. The number of benzene rings is 3. The topological polar surface area (TPSA) is 67.4 Å². The van der Waals surface area contributed by atoms with Gasteiger partial charge in [0.25, 0.3) is 11.8 Å². The third-order valence-corrected chi connectivity index (χ3v) is 4.90. The van der Waals surface area contributed by atoms with Gasteiger partial charge >= 0.3 is 0 Å². The summed E-state index contributed by atoms with van der Waals surface area (Å²) in [5.74, 6) is 0.0977. The number of hydrogen-bond donors (Lipinski definition) is 2. The minimum atomic E-state index is -0.336. The van der Waals surface area contributed by atoms with E-state index in [-0.39, 0.29) is 24.0 Å². The van der Waals surface area contributed by atoms with Gasteiger partial charge in [-0.15, -0.1) is 0 Å². The molecule has 3 aromatic rings. The van der Waals surface area contributed by atoms with Crippen molar-refractivity contribution < 1.29 is 14.3 Å². The number of nitrogens with one attached hydrogen (secondary N) is 2. The van der Waals surface area contributed by atoms with Gasteiger partial charge in [-0.25, -0.2) is 0 Å². The maximum atomic E-state index is 12.3. The van der Waals surface area contributed by atoms with Crippen molar-refractivity contribution in [1.82, 2.24) is 5.32 Å². The number of ether oxygens (including phenoxy) is 1. The van der Waals surface area contributed by atoms with Crippen LogP contribution in [0.25, 0.3) is 10.8 Å². The van der Waals surface area contributed by atoms with Crippen LogP contribution in [0.15, 0.2) is 65.1 Å². The van der Waals surface area contributed by atoms with E-state index in [1.807, 2.05) is 57.2 Å². The van der Waals surface area contributed by atoms with Gasteiger partial charge in [-0.05, 0) is 71.7 Å². The van der Waals surface area contributed by atoms with Gasteiger partial charge in [-0.1, -0.05) is 36.4 Å². The first-order chi connectivity index (χ1) is 13.7. The lowest BCUT2D eigenvalue weighted by atomic mass is 10.1. The molecule has 0 aliphatic carbocycles. The molecule has 0 spiro atoms. The molecule has 0 radical (unpaired) electrons. The van der Waals surface area contributed by atoms with E-state index in [9.17, 15) is 9.59 Å². The number of carbonyl (C=O) groups excluding carboxylic acids is 2. The molecule has 6 heteroatoms. The van der Waals surface area contributed by atoms with E-state index in [1.165, 1.54) is 0 Å². The zero-order valence-electron chi connectivity index (χ0n) is 16.6. The van der Waals surface area contributed by atoms with E-state index in [0.29, 0.717) is 17.0 Å². The molecule has 2 amide bonds. The highest BCUT2D eigenvalue weighted by Crippen LogP contribution is 2.33. The van der Waals surface area contributed by atoms with Crippen LogP contribution in [0.2, 0.25) is 0 Å². The normalized spacial score (nSPS) is 11.2. The second kappa shape index (κ2) is 8.66. The van der Waals surface area contributed by atoms with Gasteiger partial charge in [0.1, 0.15) is 5.75 Å². The minimum absolute atomic E-state index is 0.143. The van der Waals surface area contributed by atoms with Crippen molar-refractivity contribution >= 4 is 44.2 Å². The van der Waals surface area contributed by atoms with E-state index in [1.54, 1.807) is 24.3 Å². The Morgan fingerprint density at radius 3 is 2.52 bits per heavy atom. The fraction of sp³-hybridized carbons (Fsp3) is 0.217. The molecule has 3 rings (SSSR count). The van der Waals surface area contributed by atoms with E-state index in [2.05, 4.69) is 26.6 Å². The molecular formula is C23H23BrN2O3. The third-order valence-electron chi connectivity index (χ3n) is 4.08. The van der Waals surface area contributed by atoms with Gasteiger partial charge in [0.2, 0.25) is 0 Å². The molecule has 0 fully saturated rings. The van der Waals surface area contributed by atoms with Crippen LogP contribution in [0.1, 0.15) is 31.1 Å². The molecule has 3 aromatic carbocycles. The first-order valence-electron chi connectivity index (χ1n) is 9.25. The molecule has 0 unspecified atom stereocenters. The fourth-order valence-corrected chi connectivity index (χ4v) is 3.42. The van der Waals surface area contributed by atoms with Crippen molar-refractivity contribution in [1.29, 1.82) is 0 Å². The van der Waals surface area contributed by atoms with Crippen molar-refractivity contribution in [3.63, 3.8) is 0 Å². The van der Waals surface area contributed by atoms with Crippen LogP contribution < -0.4 is 15.4 Å². The Balaban J connectivity index is 1.64. The van der Waals surface area contributed by atoms with Crippen molar-refractivity contribution in [3.05, 3.63) is 70.7 Å². The van der Waals surface area contributed by atoms with Gasteiger partial charge < -0.3 is 15.4 Å². The number of fused-ring (bicyclic) bond motifs is 1. The van der Waals surface area contributed by atoms with Crippen LogP contribution in [0.4, 0.5) is 5.69 Å². The minimum Gasteiger partial charge on any atom is -0.483 e. The number of anilines is 1. The second-order valence-electron chi connectivity index (χ2n) is 7.72. The fourth-order valence-electron chi connectivity index (χ4n) is 2.82. The molecule has 0 atom stereocenters. The van der Waals surface area contributed by atoms with Crippen LogP contribution in [0.3, 0.4) is 0 Å². The lowest BCUT2D eigenvalue weighted by Gasteiger charge is -2.20. The van der Waals surface area contributed by atoms with Crippen LogP contribution in [-0.2, 0) is 4.79 Å². The van der Waals surface area contributed by atoms with Gasteiger partial charge in [0.15, 0.2) is 6.61 Å². The predicted molar refractivity (Wildman–Crippen MR) is 119 cm³/mol. The molecule has 0 heterocycles. The molecule has 5 nitrogen and oxygen atoms in total. The van der Waals surface area contributed by atoms with Crippen LogP contribution in [0.5, 0.6) is 5.75 Å². The number of halogens is 1. The highest BCUT2D eigenvalue weighted by molar-refractivity contribution is 9.10. The third kappa shape index (κ3) is 5.57. The van der Waals surface area contributed by atoms with Crippen molar-refractivity contribution in [2.45, 2.75) is 26.3 Å². The zero-order valence-corrected chi connectivity index (χ0v) is 18.2. The number of hydrogen-bond acceptors (Lipinski definition) is 3. The zero-order chi connectivity index (χ0) is 21.0. The lowest BCUT2D eigenvalue weighted by Crippen LogP contribution is -2.40. The van der Waals surface area contributed by atoms with Gasteiger partial charge in [-0.3, -0.25) is 9.59 Å². The van der Waals surface area contributed by atoms with E-state index < -0.39 is 0 Å². The van der Waals surface area contributed by atoms with Crippen LogP contribution in [0, 0.1) is 0 Å². The summed E-state index contributed by atoms with van der Waals surface area (Å²) in [6.07, 6.45) is 0. The molecule has 2 N–H and O–H groups in total. The average Bonchev–Trinajstić information content (AvgIpc) is 2.66. The van der Waals surface area contributed by atoms with Crippen molar-refractivity contribution in [2.24, 2.45) is 0 Å². The summed E-state index contributed by atoms with van der Waals surface area (Å²) in [7, 11) is 0. The summed E-state index contributed by atoms with van der Waals surface area (Å²) >= 11 is 3.55. The Hall–Kier alpha value is -2.86. The lowest BCUT2D eigenvalue weighted by molar-refractivity contribution is -0.118. The molecule has 0 aromatic heterocycles. The maximum absolute atomic E-state index is 12.3. The van der Waals surface area contributed by atoms with Crippen LogP contribution >= 0.6 is 15.9 Å². The Bertz CT molecular complexity index is 1060. The van der Waals surface area contributed by atoms with Crippen LogP contribution in [-0.4, -0.2) is 24.0 Å². The first kappa shape index (κ1) is 20.9. The Kier molecular flexibility index (Phi) is 6.23. The van der Waals surface area contributed by atoms with Crippen molar-refractivity contribution in [2.75, 3.05) is 11.9 Å². The molecular weight excluding hydrogens is 432 g/mol. The van der Waals surface area contributed by atoms with Gasteiger partial charge in [0.05, 0.1) is 4.47 Å². The SMILES string of the molecule is CC(C)(C)NC(=O)c1cccc(NC(=O)COc2ccc3ccccc3c2Br)c1. The number of carbonyl (C=O) groups is 2. The molecule has 0 aliphatic rings. The molecule has 0 saturated heterocycles. The molecule has 29 heavy (non-hydrogen) atoms. The Labute approximate surface area is 178 Å². The highest BCUT2D eigenvalue weighted by atomic mass is 79.9. The number of amides is 2. The molecule has 0 aliphatic heterocycles. The van der Waals surface area contributed by atoms with E-state index in [0.717, 1.165) is 15.2 Å². The predicted octanol–water partition coefficient (Wildman–Crippen LogP) is 5.15. The smallest absolute Gasteiger partial charge is 0.262 e.